The summed E-state index contributed by atoms with van der Waals surface area (Å²) in [6.07, 6.45) is 3.70. The fraction of sp³-hybridized carbons (Fsp3) is 0.529. The lowest BCUT2D eigenvalue weighted by molar-refractivity contribution is -0.385. The van der Waals surface area contributed by atoms with Gasteiger partial charge < -0.3 is 10.1 Å². The van der Waals surface area contributed by atoms with Gasteiger partial charge in [-0.1, -0.05) is 26.7 Å². The fourth-order valence-corrected chi connectivity index (χ4v) is 3.05. The van der Waals surface area contributed by atoms with Gasteiger partial charge in [-0.2, -0.15) is 0 Å². The van der Waals surface area contributed by atoms with Crippen LogP contribution in [0.2, 0.25) is 0 Å². The predicted octanol–water partition coefficient (Wildman–Crippen LogP) is 2.73. The van der Waals surface area contributed by atoms with Crippen molar-refractivity contribution in [3.05, 3.63) is 33.9 Å². The van der Waals surface area contributed by atoms with Gasteiger partial charge in [0.15, 0.2) is 12.4 Å². The summed E-state index contributed by atoms with van der Waals surface area (Å²) in [6, 6.07) is 3.99. The standard InChI is InChI=1S/C17H22N2O5/c1-11-4-3-5-14(12(11)2)18-17(21)10-24-16-7-6-13(9-20)8-15(16)19(22)23/h6-9,11-12,14H,3-5,10H2,1-2H3,(H,18,21)/t11-,12-,14+/m1/s1. The van der Waals surface area contributed by atoms with Gasteiger partial charge in [-0.05, 0) is 30.4 Å². The first-order chi connectivity index (χ1) is 11.4. The molecular formula is C17H22N2O5. The summed E-state index contributed by atoms with van der Waals surface area (Å²) in [5, 5.41) is 14.0. The Kier molecular flexibility index (Phi) is 5.89. The molecule has 1 fully saturated rings. The molecule has 0 radical (unpaired) electrons. The quantitative estimate of drug-likeness (QED) is 0.490. The summed E-state index contributed by atoms with van der Waals surface area (Å²) in [4.78, 5) is 33.2. The van der Waals surface area contributed by atoms with E-state index in [0.717, 1.165) is 18.9 Å². The Morgan fingerprint density at radius 2 is 2.17 bits per heavy atom. The number of ether oxygens (including phenoxy) is 1. The van der Waals surface area contributed by atoms with Crippen LogP contribution in [0.15, 0.2) is 18.2 Å². The second-order valence-corrected chi connectivity index (χ2v) is 6.33. The molecular weight excluding hydrogens is 312 g/mol. The third-order valence-electron chi connectivity index (χ3n) is 4.73. The Morgan fingerprint density at radius 3 is 2.83 bits per heavy atom. The van der Waals surface area contributed by atoms with E-state index in [9.17, 15) is 19.7 Å². The number of carbonyl (C=O) groups is 2. The van der Waals surface area contributed by atoms with Crippen molar-refractivity contribution in [1.82, 2.24) is 5.32 Å². The first-order valence-electron chi connectivity index (χ1n) is 8.08. The van der Waals surface area contributed by atoms with Gasteiger partial charge in [0.2, 0.25) is 0 Å². The van der Waals surface area contributed by atoms with E-state index in [-0.39, 0.29) is 35.6 Å². The third kappa shape index (κ3) is 4.31. The number of hydrogen-bond acceptors (Lipinski definition) is 5. The molecule has 0 spiro atoms. The summed E-state index contributed by atoms with van der Waals surface area (Å²) in [5.74, 6) is 0.631. The van der Waals surface area contributed by atoms with Crippen molar-refractivity contribution in [3.63, 3.8) is 0 Å². The van der Waals surface area contributed by atoms with E-state index >= 15 is 0 Å². The van der Waals surface area contributed by atoms with Crippen LogP contribution >= 0.6 is 0 Å². The van der Waals surface area contributed by atoms with Crippen LogP contribution in [0.4, 0.5) is 5.69 Å². The Morgan fingerprint density at radius 1 is 1.42 bits per heavy atom. The average molecular weight is 334 g/mol. The van der Waals surface area contributed by atoms with E-state index in [1.807, 2.05) is 0 Å². The number of nitrogens with one attached hydrogen (secondary N) is 1. The molecule has 7 nitrogen and oxygen atoms in total. The van der Waals surface area contributed by atoms with Crippen molar-refractivity contribution in [2.45, 2.75) is 39.2 Å². The fourth-order valence-electron chi connectivity index (χ4n) is 3.05. The molecule has 7 heteroatoms. The van der Waals surface area contributed by atoms with Crippen LogP contribution in [0.25, 0.3) is 0 Å². The van der Waals surface area contributed by atoms with E-state index in [1.165, 1.54) is 18.6 Å². The molecule has 0 bridgehead atoms. The first kappa shape index (κ1) is 17.9. The van der Waals surface area contributed by atoms with Crippen LogP contribution in [0.3, 0.4) is 0 Å². The number of nitro benzene ring substituents is 1. The zero-order valence-electron chi connectivity index (χ0n) is 13.9. The minimum atomic E-state index is -0.634. The second kappa shape index (κ2) is 7.90. The number of hydrogen-bond donors (Lipinski definition) is 1. The Bertz CT molecular complexity index is 631. The van der Waals surface area contributed by atoms with Crippen LogP contribution in [-0.4, -0.2) is 29.8 Å². The topological polar surface area (TPSA) is 98.5 Å². The van der Waals surface area contributed by atoms with Gasteiger partial charge in [0.05, 0.1) is 4.92 Å². The number of aldehydes is 1. The summed E-state index contributed by atoms with van der Waals surface area (Å²) in [5.41, 5.74) is -0.143. The number of benzene rings is 1. The lowest BCUT2D eigenvalue weighted by atomic mass is 9.78. The lowest BCUT2D eigenvalue weighted by Gasteiger charge is -2.34. The van der Waals surface area contributed by atoms with Gasteiger partial charge in [-0.3, -0.25) is 19.7 Å². The molecule has 130 valence electrons. The van der Waals surface area contributed by atoms with E-state index in [1.54, 1.807) is 0 Å². The van der Waals surface area contributed by atoms with E-state index < -0.39 is 4.92 Å². The van der Waals surface area contributed by atoms with Crippen LogP contribution in [-0.2, 0) is 4.79 Å². The maximum Gasteiger partial charge on any atom is 0.311 e. The zero-order chi connectivity index (χ0) is 17.7. The Hall–Kier alpha value is -2.44. The predicted molar refractivity (Wildman–Crippen MR) is 88.1 cm³/mol. The highest BCUT2D eigenvalue weighted by molar-refractivity contribution is 5.79. The van der Waals surface area contributed by atoms with Crippen LogP contribution < -0.4 is 10.1 Å². The molecule has 1 aromatic rings. The minimum Gasteiger partial charge on any atom is -0.477 e. The van der Waals surface area contributed by atoms with Crippen molar-refractivity contribution in [1.29, 1.82) is 0 Å². The van der Waals surface area contributed by atoms with Crippen molar-refractivity contribution in [2.24, 2.45) is 11.8 Å². The first-order valence-corrected chi connectivity index (χ1v) is 8.08. The third-order valence-corrected chi connectivity index (χ3v) is 4.73. The molecule has 2 rings (SSSR count). The van der Waals surface area contributed by atoms with Crippen LogP contribution in [0.5, 0.6) is 5.75 Å². The molecule has 0 unspecified atom stereocenters. The van der Waals surface area contributed by atoms with E-state index in [4.69, 9.17) is 4.74 Å². The summed E-state index contributed by atoms with van der Waals surface area (Å²) in [7, 11) is 0. The molecule has 0 aromatic heterocycles. The van der Waals surface area contributed by atoms with E-state index in [0.29, 0.717) is 18.1 Å². The highest BCUT2D eigenvalue weighted by Crippen LogP contribution is 2.30. The summed E-state index contributed by atoms with van der Waals surface area (Å²) in [6.45, 7) is 4.01. The van der Waals surface area contributed by atoms with Crippen molar-refractivity contribution in [2.75, 3.05) is 6.61 Å². The molecule has 1 aliphatic rings. The number of rotatable bonds is 6. The lowest BCUT2D eigenvalue weighted by Crippen LogP contribution is -2.45. The molecule has 1 aliphatic carbocycles. The van der Waals surface area contributed by atoms with Crippen LogP contribution in [0.1, 0.15) is 43.5 Å². The van der Waals surface area contributed by atoms with Crippen molar-refractivity contribution < 1.29 is 19.2 Å². The number of nitro groups is 1. The zero-order valence-corrected chi connectivity index (χ0v) is 13.9. The SMILES string of the molecule is C[C@@H]1[C@H](C)CCC[C@@H]1NC(=O)COc1ccc(C=O)cc1[N+](=O)[O-]. The normalized spacial score (nSPS) is 23.3. The maximum absolute atomic E-state index is 12.1. The highest BCUT2D eigenvalue weighted by Gasteiger charge is 2.28. The van der Waals surface area contributed by atoms with Crippen molar-refractivity contribution in [3.8, 4) is 5.75 Å². The average Bonchev–Trinajstić information content (AvgIpc) is 2.57. The second-order valence-electron chi connectivity index (χ2n) is 6.33. The van der Waals surface area contributed by atoms with Gasteiger partial charge in [-0.15, -0.1) is 0 Å². The molecule has 3 atom stereocenters. The molecule has 1 N–H and O–H groups in total. The minimum absolute atomic E-state index is 0.0224. The van der Waals surface area contributed by atoms with Gasteiger partial charge in [0.1, 0.15) is 6.29 Å². The molecule has 1 amide bonds. The van der Waals surface area contributed by atoms with Gasteiger partial charge in [0, 0.05) is 17.7 Å². The van der Waals surface area contributed by atoms with Crippen LogP contribution in [0, 0.1) is 22.0 Å². The molecule has 0 aliphatic heterocycles. The number of amides is 1. The van der Waals surface area contributed by atoms with Gasteiger partial charge >= 0.3 is 5.69 Å². The molecule has 1 aromatic carbocycles. The van der Waals surface area contributed by atoms with Gasteiger partial charge in [-0.25, -0.2) is 0 Å². The van der Waals surface area contributed by atoms with E-state index in [2.05, 4.69) is 19.2 Å². The molecule has 0 saturated heterocycles. The number of carbonyl (C=O) groups excluding carboxylic acids is 2. The molecule has 1 saturated carbocycles. The number of nitrogens with zero attached hydrogens (tertiary/aromatic N) is 1. The summed E-state index contributed by atoms with van der Waals surface area (Å²) >= 11 is 0. The molecule has 0 heterocycles. The highest BCUT2D eigenvalue weighted by atomic mass is 16.6. The smallest absolute Gasteiger partial charge is 0.311 e. The maximum atomic E-state index is 12.1. The Labute approximate surface area is 140 Å². The Balaban J connectivity index is 1.96. The largest absolute Gasteiger partial charge is 0.477 e. The monoisotopic (exact) mass is 334 g/mol. The van der Waals surface area contributed by atoms with Gasteiger partial charge in [0.25, 0.3) is 5.91 Å². The molecule has 24 heavy (non-hydrogen) atoms. The summed E-state index contributed by atoms with van der Waals surface area (Å²) < 4.78 is 5.29. The van der Waals surface area contributed by atoms with Crippen molar-refractivity contribution >= 4 is 17.9 Å².